The number of aryl methyl sites for hydroxylation is 1. The molecular formula is C29H32N2O4. The smallest absolute Gasteiger partial charge is 0.229 e. The van der Waals surface area contributed by atoms with Crippen LogP contribution in [0, 0.1) is 12.8 Å². The van der Waals surface area contributed by atoms with Gasteiger partial charge in [-0.2, -0.15) is 0 Å². The molecule has 0 unspecified atom stereocenters. The molecule has 1 fully saturated rings. The van der Waals surface area contributed by atoms with Crippen LogP contribution in [0.25, 0.3) is 0 Å². The molecular weight excluding hydrogens is 440 g/mol. The molecule has 6 heteroatoms. The number of amides is 2. The second-order valence-corrected chi connectivity index (χ2v) is 8.97. The fourth-order valence-electron chi connectivity index (χ4n) is 4.69. The number of hydrogen-bond donors (Lipinski definition) is 1. The molecule has 0 aromatic heterocycles. The van der Waals surface area contributed by atoms with Crippen LogP contribution in [-0.2, 0) is 16.0 Å². The molecule has 3 aromatic carbocycles. The van der Waals surface area contributed by atoms with Gasteiger partial charge < -0.3 is 19.7 Å². The second-order valence-electron chi connectivity index (χ2n) is 8.97. The molecule has 1 heterocycles. The lowest BCUT2D eigenvalue weighted by molar-refractivity contribution is -0.137. The molecule has 4 rings (SSSR count). The Morgan fingerprint density at radius 3 is 2.46 bits per heavy atom. The Morgan fingerprint density at radius 2 is 1.74 bits per heavy atom. The third-order valence-corrected chi connectivity index (χ3v) is 6.56. The fraction of sp³-hybridized carbons (Fsp3) is 0.310. The Kier molecular flexibility index (Phi) is 7.70. The molecule has 0 saturated carbocycles. The van der Waals surface area contributed by atoms with Gasteiger partial charge in [-0.1, -0.05) is 60.2 Å². The molecule has 2 atom stereocenters. The van der Waals surface area contributed by atoms with Crippen LogP contribution in [-0.4, -0.2) is 37.5 Å². The third kappa shape index (κ3) is 5.83. The maximum atomic E-state index is 13.5. The summed E-state index contributed by atoms with van der Waals surface area (Å²) in [6.07, 6.45) is 1.73. The molecule has 0 bridgehead atoms. The van der Waals surface area contributed by atoms with Gasteiger partial charge in [-0.3, -0.25) is 9.59 Å². The van der Waals surface area contributed by atoms with Crippen molar-refractivity contribution in [2.24, 2.45) is 5.92 Å². The van der Waals surface area contributed by atoms with Crippen molar-refractivity contribution in [2.75, 3.05) is 26.1 Å². The van der Waals surface area contributed by atoms with Crippen molar-refractivity contribution in [3.8, 4) is 11.5 Å². The first-order valence-corrected chi connectivity index (χ1v) is 11.9. The zero-order valence-electron chi connectivity index (χ0n) is 20.5. The summed E-state index contributed by atoms with van der Waals surface area (Å²) in [5, 5.41) is 3.00. The highest BCUT2D eigenvalue weighted by molar-refractivity contribution is 5.94. The lowest BCUT2D eigenvalue weighted by Crippen LogP contribution is -2.46. The van der Waals surface area contributed by atoms with E-state index in [0.717, 1.165) is 23.1 Å². The van der Waals surface area contributed by atoms with E-state index in [0.29, 0.717) is 36.6 Å². The number of methoxy groups -OCH3 is 2. The van der Waals surface area contributed by atoms with E-state index in [1.165, 1.54) is 0 Å². The van der Waals surface area contributed by atoms with Crippen LogP contribution in [0.2, 0.25) is 0 Å². The molecule has 3 aromatic rings. The van der Waals surface area contributed by atoms with E-state index in [-0.39, 0.29) is 23.8 Å². The molecule has 182 valence electrons. The van der Waals surface area contributed by atoms with Gasteiger partial charge in [0, 0.05) is 12.6 Å². The number of anilines is 1. The van der Waals surface area contributed by atoms with E-state index >= 15 is 0 Å². The average Bonchev–Trinajstić information content (AvgIpc) is 2.89. The van der Waals surface area contributed by atoms with Crippen LogP contribution in [0.15, 0.2) is 72.8 Å². The predicted octanol–water partition coefficient (Wildman–Crippen LogP) is 5.17. The molecule has 1 N–H and O–H groups in total. The zero-order chi connectivity index (χ0) is 24.8. The third-order valence-electron chi connectivity index (χ3n) is 6.56. The Morgan fingerprint density at radius 1 is 0.943 bits per heavy atom. The Labute approximate surface area is 206 Å². The topological polar surface area (TPSA) is 67.9 Å². The van der Waals surface area contributed by atoms with E-state index in [4.69, 9.17) is 9.47 Å². The highest BCUT2D eigenvalue weighted by Crippen LogP contribution is 2.36. The summed E-state index contributed by atoms with van der Waals surface area (Å²) in [7, 11) is 3.14. The summed E-state index contributed by atoms with van der Waals surface area (Å²) in [5.74, 6) is 0.776. The number of carbonyl (C=O) groups is 2. The average molecular weight is 473 g/mol. The molecule has 1 aliphatic rings. The summed E-state index contributed by atoms with van der Waals surface area (Å²) < 4.78 is 10.7. The minimum absolute atomic E-state index is 0.0298. The molecule has 35 heavy (non-hydrogen) atoms. The van der Waals surface area contributed by atoms with Crippen molar-refractivity contribution in [2.45, 2.75) is 32.2 Å². The van der Waals surface area contributed by atoms with Crippen molar-refractivity contribution in [1.29, 1.82) is 0 Å². The van der Waals surface area contributed by atoms with Gasteiger partial charge in [0.15, 0.2) is 0 Å². The summed E-state index contributed by atoms with van der Waals surface area (Å²) in [5.41, 5.74) is 3.82. The first kappa shape index (κ1) is 24.3. The SMILES string of the molecule is COc1ccc(NC(=O)[C@@H]2CC[C@H](c3cccc(C)c3)N(C(=O)Cc3ccccc3)C2)c(OC)c1. The van der Waals surface area contributed by atoms with Crippen LogP contribution in [0.5, 0.6) is 11.5 Å². The van der Waals surface area contributed by atoms with Crippen molar-refractivity contribution >= 4 is 17.5 Å². The van der Waals surface area contributed by atoms with E-state index in [2.05, 4.69) is 30.4 Å². The Bertz CT molecular complexity index is 1180. The number of hydrogen-bond acceptors (Lipinski definition) is 4. The number of rotatable bonds is 7. The van der Waals surface area contributed by atoms with Crippen LogP contribution >= 0.6 is 0 Å². The number of benzene rings is 3. The highest BCUT2D eigenvalue weighted by atomic mass is 16.5. The van der Waals surface area contributed by atoms with E-state index in [1.54, 1.807) is 32.4 Å². The standard InChI is InChI=1S/C29H32N2O4/c1-20-8-7-11-22(16-20)26-15-12-23(19-31(26)28(32)17-21-9-5-4-6-10-21)29(33)30-25-14-13-24(34-2)18-27(25)35-3/h4-11,13-14,16,18,23,26H,12,15,17,19H2,1-3H3,(H,30,33)/t23-,26-/m1/s1. The van der Waals surface area contributed by atoms with Gasteiger partial charge in [0.1, 0.15) is 11.5 Å². The maximum Gasteiger partial charge on any atom is 0.229 e. The van der Waals surface area contributed by atoms with Crippen LogP contribution in [0.1, 0.15) is 35.6 Å². The maximum absolute atomic E-state index is 13.5. The summed E-state index contributed by atoms with van der Waals surface area (Å²) in [4.78, 5) is 28.7. The molecule has 1 aliphatic heterocycles. The largest absolute Gasteiger partial charge is 0.497 e. The van der Waals surface area contributed by atoms with Gasteiger partial charge in [-0.05, 0) is 43.0 Å². The number of piperidine rings is 1. The van der Waals surface area contributed by atoms with Gasteiger partial charge in [0.2, 0.25) is 11.8 Å². The van der Waals surface area contributed by atoms with E-state index < -0.39 is 0 Å². The molecule has 1 saturated heterocycles. The van der Waals surface area contributed by atoms with Crippen molar-refractivity contribution in [3.05, 3.63) is 89.5 Å². The molecule has 0 aliphatic carbocycles. The van der Waals surface area contributed by atoms with Gasteiger partial charge >= 0.3 is 0 Å². The highest BCUT2D eigenvalue weighted by Gasteiger charge is 2.35. The van der Waals surface area contributed by atoms with Crippen LogP contribution in [0.3, 0.4) is 0 Å². The molecule has 0 radical (unpaired) electrons. The summed E-state index contributed by atoms with van der Waals surface area (Å²) in [6.45, 7) is 2.43. The van der Waals surface area contributed by atoms with Crippen molar-refractivity contribution in [1.82, 2.24) is 4.90 Å². The minimum atomic E-state index is -0.317. The normalized spacial score (nSPS) is 17.5. The Hall–Kier alpha value is -3.80. The summed E-state index contributed by atoms with van der Waals surface area (Å²) >= 11 is 0. The van der Waals surface area contributed by atoms with Crippen molar-refractivity contribution < 1.29 is 19.1 Å². The minimum Gasteiger partial charge on any atom is -0.497 e. The number of likely N-dealkylation sites (tertiary alicyclic amines) is 1. The lowest BCUT2D eigenvalue weighted by atomic mass is 9.87. The monoisotopic (exact) mass is 472 g/mol. The fourth-order valence-corrected chi connectivity index (χ4v) is 4.69. The van der Waals surface area contributed by atoms with E-state index in [1.807, 2.05) is 41.3 Å². The molecule has 6 nitrogen and oxygen atoms in total. The Balaban J connectivity index is 1.55. The number of ether oxygens (including phenoxy) is 2. The predicted molar refractivity (Wildman–Crippen MR) is 137 cm³/mol. The quantitative estimate of drug-likeness (QED) is 0.515. The van der Waals surface area contributed by atoms with Crippen LogP contribution in [0.4, 0.5) is 5.69 Å². The zero-order valence-corrected chi connectivity index (χ0v) is 20.5. The van der Waals surface area contributed by atoms with Gasteiger partial charge in [0.25, 0.3) is 0 Å². The number of nitrogens with zero attached hydrogens (tertiary/aromatic N) is 1. The molecule has 0 spiro atoms. The van der Waals surface area contributed by atoms with E-state index in [9.17, 15) is 9.59 Å². The lowest BCUT2D eigenvalue weighted by Gasteiger charge is -2.40. The summed E-state index contributed by atoms with van der Waals surface area (Å²) in [6, 6.07) is 23.3. The van der Waals surface area contributed by atoms with Gasteiger partial charge in [0.05, 0.1) is 38.3 Å². The van der Waals surface area contributed by atoms with Crippen molar-refractivity contribution in [3.63, 3.8) is 0 Å². The van der Waals surface area contributed by atoms with Gasteiger partial charge in [-0.15, -0.1) is 0 Å². The first-order chi connectivity index (χ1) is 17.0. The first-order valence-electron chi connectivity index (χ1n) is 11.9. The number of nitrogens with one attached hydrogen (secondary N) is 1. The molecule has 2 amide bonds. The van der Waals surface area contributed by atoms with Crippen LogP contribution < -0.4 is 14.8 Å². The second kappa shape index (κ2) is 11.1. The number of carbonyl (C=O) groups excluding carboxylic acids is 2. The van der Waals surface area contributed by atoms with Gasteiger partial charge in [-0.25, -0.2) is 0 Å².